The first-order chi connectivity index (χ1) is 8.33. The van der Waals surface area contributed by atoms with Gasteiger partial charge in [0.05, 0.1) is 6.61 Å². The van der Waals surface area contributed by atoms with Gasteiger partial charge in [-0.3, -0.25) is 10.3 Å². The van der Waals surface area contributed by atoms with E-state index >= 15 is 0 Å². The number of unbranched alkanes of at least 4 members (excludes halogenated alkanes) is 3. The van der Waals surface area contributed by atoms with Crippen molar-refractivity contribution >= 4 is 0 Å². The summed E-state index contributed by atoms with van der Waals surface area (Å²) in [7, 11) is 0. The highest BCUT2D eigenvalue weighted by molar-refractivity contribution is 5.13. The highest BCUT2D eigenvalue weighted by Crippen LogP contribution is 2.03. The van der Waals surface area contributed by atoms with Gasteiger partial charge in [0, 0.05) is 5.70 Å². The van der Waals surface area contributed by atoms with E-state index in [0.717, 1.165) is 12.1 Å². The number of hydrogen-bond donors (Lipinski definition) is 1. The fourth-order valence-electron chi connectivity index (χ4n) is 1.56. The van der Waals surface area contributed by atoms with Crippen molar-refractivity contribution in [1.29, 1.82) is 0 Å². The fourth-order valence-corrected chi connectivity index (χ4v) is 1.56. The van der Waals surface area contributed by atoms with E-state index in [0.29, 0.717) is 6.61 Å². The molecule has 0 bridgehead atoms. The van der Waals surface area contributed by atoms with Gasteiger partial charge >= 0.3 is 0 Å². The van der Waals surface area contributed by atoms with Crippen molar-refractivity contribution in [3.05, 3.63) is 47.7 Å². The monoisotopic (exact) mass is 233 g/mol. The van der Waals surface area contributed by atoms with Crippen molar-refractivity contribution in [3.63, 3.8) is 0 Å². The van der Waals surface area contributed by atoms with Gasteiger partial charge in [-0.25, -0.2) is 0 Å². The molecular formula is C15H23NO. The molecule has 0 heterocycles. The molecule has 0 spiro atoms. The zero-order valence-electron chi connectivity index (χ0n) is 10.9. The maximum Gasteiger partial charge on any atom is 0.0996 e. The van der Waals surface area contributed by atoms with Crippen LogP contribution in [0.4, 0.5) is 0 Å². The largest absolute Gasteiger partial charge is 0.272 e. The molecule has 2 heteroatoms. The molecule has 0 aliphatic rings. The summed E-state index contributed by atoms with van der Waals surface area (Å²) >= 11 is 0. The summed E-state index contributed by atoms with van der Waals surface area (Å²) in [5.41, 5.74) is 5.24. The van der Waals surface area contributed by atoms with Gasteiger partial charge in [-0.1, -0.05) is 56.2 Å². The first-order valence-corrected chi connectivity index (χ1v) is 6.41. The molecular weight excluding hydrogens is 210 g/mol. The van der Waals surface area contributed by atoms with Crippen LogP contribution in [-0.2, 0) is 11.4 Å². The average Bonchev–Trinajstić information content (AvgIpc) is 2.36. The normalized spacial score (nSPS) is 11.5. The number of benzene rings is 1. The summed E-state index contributed by atoms with van der Waals surface area (Å²) in [6.45, 7) is 4.86. The van der Waals surface area contributed by atoms with Gasteiger partial charge in [0.2, 0.25) is 0 Å². The molecule has 0 radical (unpaired) electrons. The molecule has 0 fully saturated rings. The first-order valence-electron chi connectivity index (χ1n) is 6.41. The number of allylic oxidation sites excluding steroid dienone is 2. The van der Waals surface area contributed by atoms with Gasteiger partial charge in [-0.2, -0.15) is 0 Å². The van der Waals surface area contributed by atoms with Crippen molar-refractivity contribution < 1.29 is 4.84 Å². The minimum absolute atomic E-state index is 0.598. The van der Waals surface area contributed by atoms with E-state index in [2.05, 4.69) is 30.6 Å². The van der Waals surface area contributed by atoms with E-state index < -0.39 is 0 Å². The topological polar surface area (TPSA) is 21.3 Å². The summed E-state index contributed by atoms with van der Waals surface area (Å²) in [5, 5.41) is 0. The Bertz CT molecular complexity index is 319. The van der Waals surface area contributed by atoms with E-state index in [1.54, 1.807) is 0 Å². The number of hydrogen-bond acceptors (Lipinski definition) is 2. The lowest BCUT2D eigenvalue weighted by atomic mass is 10.2. The van der Waals surface area contributed by atoms with E-state index in [1.807, 2.05) is 25.1 Å². The van der Waals surface area contributed by atoms with Crippen LogP contribution in [0.5, 0.6) is 0 Å². The molecule has 94 valence electrons. The summed E-state index contributed by atoms with van der Waals surface area (Å²) < 4.78 is 0. The third kappa shape index (κ3) is 6.80. The molecule has 0 saturated heterocycles. The van der Waals surface area contributed by atoms with Crippen LogP contribution in [0.15, 0.2) is 42.1 Å². The second kappa shape index (κ2) is 8.82. The Hall–Kier alpha value is -1.28. The lowest BCUT2D eigenvalue weighted by Crippen LogP contribution is -2.11. The van der Waals surface area contributed by atoms with Gasteiger partial charge in [0.15, 0.2) is 0 Å². The van der Waals surface area contributed by atoms with Crippen molar-refractivity contribution in [2.45, 2.75) is 46.1 Å². The number of hydroxylamine groups is 1. The minimum Gasteiger partial charge on any atom is -0.272 e. The molecule has 1 rings (SSSR count). The van der Waals surface area contributed by atoms with Gasteiger partial charge in [0.1, 0.15) is 0 Å². The molecule has 1 N–H and O–H groups in total. The third-order valence-corrected chi connectivity index (χ3v) is 2.57. The molecule has 1 aromatic rings. The minimum atomic E-state index is 0.598. The summed E-state index contributed by atoms with van der Waals surface area (Å²) in [6.07, 6.45) is 7.15. The Morgan fingerprint density at radius 3 is 2.71 bits per heavy atom. The second-order valence-corrected chi connectivity index (χ2v) is 4.26. The zero-order chi connectivity index (χ0) is 12.3. The lowest BCUT2D eigenvalue weighted by Gasteiger charge is -2.07. The Kier molecular flexibility index (Phi) is 7.15. The Labute approximate surface area is 105 Å². The summed E-state index contributed by atoms with van der Waals surface area (Å²) in [6, 6.07) is 10.2. The molecule has 0 amide bonds. The van der Waals surface area contributed by atoms with Crippen LogP contribution in [0.25, 0.3) is 0 Å². The quantitative estimate of drug-likeness (QED) is 0.537. The van der Waals surface area contributed by atoms with Crippen LogP contribution in [0.2, 0.25) is 0 Å². The van der Waals surface area contributed by atoms with Crippen LogP contribution in [0.3, 0.4) is 0 Å². The van der Waals surface area contributed by atoms with Crippen LogP contribution >= 0.6 is 0 Å². The van der Waals surface area contributed by atoms with Crippen molar-refractivity contribution in [1.82, 2.24) is 5.48 Å². The smallest absolute Gasteiger partial charge is 0.0996 e. The van der Waals surface area contributed by atoms with Crippen molar-refractivity contribution in [2.24, 2.45) is 0 Å². The maximum absolute atomic E-state index is 5.42. The van der Waals surface area contributed by atoms with Gasteiger partial charge < -0.3 is 0 Å². The first kappa shape index (κ1) is 13.8. The predicted octanol–water partition coefficient (Wildman–Crippen LogP) is 4.19. The molecule has 0 saturated carbocycles. The molecule has 2 nitrogen and oxygen atoms in total. The van der Waals surface area contributed by atoms with Crippen molar-refractivity contribution in [3.8, 4) is 0 Å². The Balaban J connectivity index is 2.13. The highest BCUT2D eigenvalue weighted by Gasteiger charge is 1.92. The molecule has 0 atom stereocenters. The maximum atomic E-state index is 5.42. The Morgan fingerprint density at radius 1 is 1.24 bits per heavy atom. The number of rotatable bonds is 8. The average molecular weight is 233 g/mol. The van der Waals surface area contributed by atoms with E-state index in [-0.39, 0.29) is 0 Å². The molecule has 0 aliphatic carbocycles. The van der Waals surface area contributed by atoms with E-state index in [1.165, 1.54) is 24.8 Å². The van der Waals surface area contributed by atoms with Gasteiger partial charge in [-0.05, 0) is 25.3 Å². The van der Waals surface area contributed by atoms with E-state index in [9.17, 15) is 0 Å². The third-order valence-electron chi connectivity index (χ3n) is 2.57. The van der Waals surface area contributed by atoms with Crippen LogP contribution < -0.4 is 5.48 Å². The second-order valence-electron chi connectivity index (χ2n) is 4.26. The van der Waals surface area contributed by atoms with Gasteiger partial charge in [-0.15, -0.1) is 0 Å². The molecule has 17 heavy (non-hydrogen) atoms. The van der Waals surface area contributed by atoms with Crippen LogP contribution in [0, 0.1) is 0 Å². The number of nitrogens with one attached hydrogen (secondary N) is 1. The van der Waals surface area contributed by atoms with Crippen LogP contribution in [-0.4, -0.2) is 0 Å². The van der Waals surface area contributed by atoms with E-state index in [4.69, 9.17) is 4.84 Å². The summed E-state index contributed by atoms with van der Waals surface area (Å²) in [4.78, 5) is 5.42. The molecule has 0 unspecified atom stereocenters. The fraction of sp³-hybridized carbons (Fsp3) is 0.467. The Morgan fingerprint density at radius 2 is 2.00 bits per heavy atom. The summed E-state index contributed by atoms with van der Waals surface area (Å²) in [5.74, 6) is 0. The highest BCUT2D eigenvalue weighted by atomic mass is 16.6. The molecule has 0 aliphatic heterocycles. The SMILES string of the molecule is CCCCCC=C(C)NOCc1ccccc1. The predicted molar refractivity (Wildman–Crippen MR) is 72.3 cm³/mol. The standard InChI is InChI=1S/C15H23NO/c1-3-4-5-7-10-14(2)16-17-13-15-11-8-6-9-12-15/h6,8-12,16H,3-5,7,13H2,1-2H3. The van der Waals surface area contributed by atoms with Gasteiger partial charge in [0.25, 0.3) is 0 Å². The van der Waals surface area contributed by atoms with Crippen molar-refractivity contribution in [2.75, 3.05) is 0 Å². The van der Waals surface area contributed by atoms with Crippen LogP contribution in [0.1, 0.15) is 45.1 Å². The molecule has 0 aromatic heterocycles. The molecule has 1 aromatic carbocycles. The zero-order valence-corrected chi connectivity index (χ0v) is 10.9. The lowest BCUT2D eigenvalue weighted by molar-refractivity contribution is 0.0491.